The highest BCUT2D eigenvalue weighted by Gasteiger charge is 2.16. The average molecular weight is 230 g/mol. The number of hydrogen-bond donors (Lipinski definition) is 0. The molecule has 0 atom stereocenters. The summed E-state index contributed by atoms with van der Waals surface area (Å²) in [7, 11) is 0. The van der Waals surface area contributed by atoms with E-state index < -0.39 is 0 Å². The second-order valence-electron chi connectivity index (χ2n) is 6.34. The molecular weight excluding hydrogens is 204 g/mol. The van der Waals surface area contributed by atoms with E-state index in [-0.39, 0.29) is 5.41 Å². The Hall–Kier alpha value is 0.0200. The first-order valence-electron chi connectivity index (χ1n) is 5.76. The molecule has 0 aromatic heterocycles. The molecular formula is C13H26OS. The Bertz CT molecular complexity index is 196. The molecule has 0 amide bonds. The Morgan fingerprint density at radius 2 is 1.60 bits per heavy atom. The van der Waals surface area contributed by atoms with E-state index in [0.29, 0.717) is 17.0 Å². The van der Waals surface area contributed by atoms with E-state index in [1.54, 1.807) is 0 Å². The van der Waals surface area contributed by atoms with Crippen molar-refractivity contribution in [3.05, 3.63) is 0 Å². The first-order valence-corrected chi connectivity index (χ1v) is 6.74. The van der Waals surface area contributed by atoms with E-state index in [2.05, 4.69) is 41.5 Å². The monoisotopic (exact) mass is 230 g/mol. The third-order valence-electron chi connectivity index (χ3n) is 1.86. The SMILES string of the molecule is CC(C)(C)CC(=O)CCCSC(C)(C)C. The van der Waals surface area contributed by atoms with Crippen molar-refractivity contribution in [2.75, 3.05) is 5.75 Å². The normalized spacial score (nSPS) is 12.9. The average Bonchev–Trinajstić information content (AvgIpc) is 1.92. The molecule has 90 valence electrons. The van der Waals surface area contributed by atoms with Crippen molar-refractivity contribution in [3.63, 3.8) is 0 Å². The lowest BCUT2D eigenvalue weighted by Crippen LogP contribution is -2.13. The lowest BCUT2D eigenvalue weighted by atomic mass is 9.89. The Labute approximate surface area is 99.4 Å². The van der Waals surface area contributed by atoms with Crippen molar-refractivity contribution in [1.29, 1.82) is 0 Å². The van der Waals surface area contributed by atoms with Crippen molar-refractivity contribution in [2.45, 2.75) is 65.6 Å². The summed E-state index contributed by atoms with van der Waals surface area (Å²) in [6.45, 7) is 13.0. The molecule has 0 bridgehead atoms. The number of carbonyl (C=O) groups excluding carboxylic acids is 1. The molecule has 0 fully saturated rings. The molecule has 0 aliphatic rings. The Morgan fingerprint density at radius 3 is 2.00 bits per heavy atom. The van der Waals surface area contributed by atoms with Gasteiger partial charge in [0.2, 0.25) is 0 Å². The van der Waals surface area contributed by atoms with Crippen LogP contribution in [0.5, 0.6) is 0 Å². The van der Waals surface area contributed by atoms with Crippen LogP contribution in [0.15, 0.2) is 0 Å². The Balaban J connectivity index is 3.57. The Kier molecular flexibility index (Phi) is 5.94. The van der Waals surface area contributed by atoms with Crippen molar-refractivity contribution >= 4 is 17.5 Å². The van der Waals surface area contributed by atoms with E-state index in [1.165, 1.54) is 0 Å². The zero-order valence-electron chi connectivity index (χ0n) is 11.1. The van der Waals surface area contributed by atoms with Gasteiger partial charge in [-0.2, -0.15) is 11.8 Å². The molecule has 1 nitrogen and oxygen atoms in total. The third kappa shape index (κ3) is 11.9. The maximum atomic E-state index is 11.6. The number of thioether (sulfide) groups is 1. The minimum atomic E-state index is 0.147. The van der Waals surface area contributed by atoms with Crippen LogP contribution in [0.4, 0.5) is 0 Å². The number of hydrogen-bond acceptors (Lipinski definition) is 2. The largest absolute Gasteiger partial charge is 0.300 e. The molecule has 0 saturated heterocycles. The minimum Gasteiger partial charge on any atom is -0.300 e. The molecule has 0 N–H and O–H groups in total. The summed E-state index contributed by atoms with van der Waals surface area (Å²) in [5.41, 5.74) is 0.147. The zero-order valence-corrected chi connectivity index (χ0v) is 12.0. The molecule has 0 aliphatic heterocycles. The summed E-state index contributed by atoms with van der Waals surface area (Å²) in [5, 5.41) is 0. The van der Waals surface area contributed by atoms with Gasteiger partial charge in [0.1, 0.15) is 5.78 Å². The molecule has 0 unspecified atom stereocenters. The second-order valence-corrected chi connectivity index (χ2v) is 8.26. The van der Waals surface area contributed by atoms with Gasteiger partial charge in [-0.1, -0.05) is 41.5 Å². The standard InChI is InChI=1S/C13H26OS/c1-12(2,3)10-11(14)8-7-9-15-13(4,5)6/h7-10H2,1-6H3. The summed E-state index contributed by atoms with van der Waals surface area (Å²) < 4.78 is 0.326. The molecule has 0 rings (SSSR count). The first kappa shape index (κ1) is 15.0. The van der Waals surface area contributed by atoms with Crippen LogP contribution in [-0.4, -0.2) is 16.3 Å². The molecule has 0 aromatic rings. The minimum absolute atomic E-state index is 0.147. The molecule has 15 heavy (non-hydrogen) atoms. The Morgan fingerprint density at radius 1 is 1.07 bits per heavy atom. The van der Waals surface area contributed by atoms with Crippen LogP contribution in [0.25, 0.3) is 0 Å². The van der Waals surface area contributed by atoms with Gasteiger partial charge in [0.15, 0.2) is 0 Å². The van der Waals surface area contributed by atoms with Crippen LogP contribution < -0.4 is 0 Å². The van der Waals surface area contributed by atoms with Gasteiger partial charge in [0.25, 0.3) is 0 Å². The van der Waals surface area contributed by atoms with Gasteiger partial charge in [-0.3, -0.25) is 4.79 Å². The maximum absolute atomic E-state index is 11.6. The predicted molar refractivity (Wildman–Crippen MR) is 70.5 cm³/mol. The number of carbonyl (C=O) groups is 1. The number of rotatable bonds is 5. The van der Waals surface area contributed by atoms with Crippen LogP contribution in [0, 0.1) is 5.41 Å². The molecule has 0 aromatic carbocycles. The van der Waals surface area contributed by atoms with E-state index in [1.807, 2.05) is 11.8 Å². The highest BCUT2D eigenvalue weighted by molar-refractivity contribution is 8.00. The van der Waals surface area contributed by atoms with E-state index in [0.717, 1.165) is 18.6 Å². The molecule has 0 saturated carbocycles. The van der Waals surface area contributed by atoms with Crippen LogP contribution in [0.3, 0.4) is 0 Å². The topological polar surface area (TPSA) is 17.1 Å². The van der Waals surface area contributed by atoms with Crippen molar-refractivity contribution in [1.82, 2.24) is 0 Å². The van der Waals surface area contributed by atoms with Gasteiger partial charge < -0.3 is 0 Å². The predicted octanol–water partition coefficient (Wildman–Crippen LogP) is 4.30. The summed E-state index contributed by atoms with van der Waals surface area (Å²) in [6, 6.07) is 0. The van der Waals surface area contributed by atoms with Gasteiger partial charge >= 0.3 is 0 Å². The molecule has 0 spiro atoms. The highest BCUT2D eigenvalue weighted by Crippen LogP contribution is 2.25. The van der Waals surface area contributed by atoms with Crippen LogP contribution in [-0.2, 0) is 4.79 Å². The fourth-order valence-electron chi connectivity index (χ4n) is 1.33. The van der Waals surface area contributed by atoms with Gasteiger partial charge in [-0.05, 0) is 17.6 Å². The van der Waals surface area contributed by atoms with Crippen LogP contribution >= 0.6 is 11.8 Å². The zero-order chi connectivity index (χ0) is 12.1. The lowest BCUT2D eigenvalue weighted by Gasteiger charge is -2.18. The third-order valence-corrected chi connectivity index (χ3v) is 3.22. The number of ketones is 1. The molecule has 0 aliphatic carbocycles. The van der Waals surface area contributed by atoms with E-state index in [9.17, 15) is 4.79 Å². The maximum Gasteiger partial charge on any atom is 0.133 e. The smallest absolute Gasteiger partial charge is 0.133 e. The highest BCUT2D eigenvalue weighted by atomic mass is 32.2. The number of Topliss-reactive ketones (excluding diaryl/α,β-unsaturated/α-hetero) is 1. The van der Waals surface area contributed by atoms with Gasteiger partial charge in [0, 0.05) is 17.6 Å². The van der Waals surface area contributed by atoms with E-state index in [4.69, 9.17) is 0 Å². The van der Waals surface area contributed by atoms with E-state index >= 15 is 0 Å². The summed E-state index contributed by atoms with van der Waals surface area (Å²) in [4.78, 5) is 11.6. The van der Waals surface area contributed by atoms with Crippen molar-refractivity contribution in [3.8, 4) is 0 Å². The fourth-order valence-corrected chi connectivity index (χ4v) is 2.23. The van der Waals surface area contributed by atoms with Gasteiger partial charge in [0.05, 0.1) is 0 Å². The van der Waals surface area contributed by atoms with Crippen LogP contribution in [0.1, 0.15) is 60.8 Å². The summed E-state index contributed by atoms with van der Waals surface area (Å²) >= 11 is 1.94. The molecule has 0 radical (unpaired) electrons. The molecule has 0 heterocycles. The van der Waals surface area contributed by atoms with Gasteiger partial charge in [-0.15, -0.1) is 0 Å². The summed E-state index contributed by atoms with van der Waals surface area (Å²) in [5.74, 6) is 1.51. The van der Waals surface area contributed by atoms with Crippen LogP contribution in [0.2, 0.25) is 0 Å². The fraction of sp³-hybridized carbons (Fsp3) is 0.923. The summed E-state index contributed by atoms with van der Waals surface area (Å²) in [6.07, 6.45) is 2.49. The quantitative estimate of drug-likeness (QED) is 0.655. The van der Waals surface area contributed by atoms with Gasteiger partial charge in [-0.25, -0.2) is 0 Å². The van der Waals surface area contributed by atoms with Crippen molar-refractivity contribution < 1.29 is 4.79 Å². The molecule has 2 heteroatoms. The second kappa shape index (κ2) is 5.93. The van der Waals surface area contributed by atoms with Crippen molar-refractivity contribution in [2.24, 2.45) is 5.41 Å². The first-order chi connectivity index (χ1) is 6.60. The lowest BCUT2D eigenvalue weighted by molar-refractivity contribution is -0.120.